The molecule has 0 aliphatic rings. The molecule has 7 nitrogen and oxygen atoms in total. The Labute approximate surface area is 211 Å². The van der Waals surface area contributed by atoms with Crippen molar-refractivity contribution in [1.29, 1.82) is 0 Å². The first-order chi connectivity index (χ1) is 15.4. The van der Waals surface area contributed by atoms with E-state index in [-0.39, 0.29) is 17.6 Å². The van der Waals surface area contributed by atoms with Crippen molar-refractivity contribution >= 4 is 76.4 Å². The number of fused-ring (bicyclic) bond motifs is 2. The van der Waals surface area contributed by atoms with E-state index in [1.165, 1.54) is 9.25 Å². The number of benzene rings is 1. The van der Waals surface area contributed by atoms with Crippen molar-refractivity contribution in [3.05, 3.63) is 43.1 Å². The average Bonchev–Trinajstić information content (AvgIpc) is 3.23. The van der Waals surface area contributed by atoms with Crippen LogP contribution in [-0.2, 0) is 25.6 Å². The summed E-state index contributed by atoms with van der Waals surface area (Å²) < 4.78 is 10.5. The van der Waals surface area contributed by atoms with E-state index in [0.29, 0.717) is 54.9 Å². The van der Waals surface area contributed by atoms with Crippen LogP contribution in [0.15, 0.2) is 17.1 Å². The van der Waals surface area contributed by atoms with Gasteiger partial charge in [0.15, 0.2) is 5.65 Å². The highest BCUT2D eigenvalue weighted by molar-refractivity contribution is 6.76. The molecule has 0 N–H and O–H groups in total. The highest BCUT2D eigenvalue weighted by atomic mass is 35.5. The summed E-state index contributed by atoms with van der Waals surface area (Å²) in [5, 5.41) is 6.39. The Morgan fingerprint density at radius 2 is 1.76 bits per heavy atom. The van der Waals surface area contributed by atoms with Crippen molar-refractivity contribution in [3.63, 3.8) is 0 Å². The molecule has 0 unspecified atom stereocenters. The lowest BCUT2D eigenvalue weighted by atomic mass is 10.0. The summed E-state index contributed by atoms with van der Waals surface area (Å²) >= 11 is 26.0. The summed E-state index contributed by atoms with van der Waals surface area (Å²) in [7, 11) is 2.03. The first kappa shape index (κ1) is 24.6. The Balaban J connectivity index is 1.91. The summed E-state index contributed by atoms with van der Waals surface area (Å²) in [5.41, 5.74) is 1.72. The minimum Gasteiger partial charge on any atom is -0.361 e. The number of aryl methyl sites for hydroxylation is 1. The van der Waals surface area contributed by atoms with E-state index in [2.05, 4.69) is 29.7 Å². The Morgan fingerprint density at radius 3 is 2.42 bits per heavy atom. The molecule has 176 valence electrons. The minimum absolute atomic E-state index is 0.0791. The Bertz CT molecular complexity index is 1450. The van der Waals surface area contributed by atoms with Crippen LogP contribution < -0.4 is 5.56 Å². The van der Waals surface area contributed by atoms with Gasteiger partial charge in [0, 0.05) is 46.1 Å². The van der Waals surface area contributed by atoms with Gasteiger partial charge in [0.05, 0.1) is 20.8 Å². The predicted molar refractivity (Wildman–Crippen MR) is 139 cm³/mol. The van der Waals surface area contributed by atoms with Gasteiger partial charge >= 0.3 is 0 Å². The molecule has 3 heterocycles. The zero-order chi connectivity index (χ0) is 24.2. The monoisotopic (exact) mass is 545 g/mol. The van der Waals surface area contributed by atoms with E-state index >= 15 is 0 Å². The molecule has 0 spiro atoms. The lowest BCUT2D eigenvalue weighted by Crippen LogP contribution is -2.22. The molecule has 0 atom stereocenters. The third-order valence-electron chi connectivity index (χ3n) is 5.49. The van der Waals surface area contributed by atoms with Crippen LogP contribution >= 0.6 is 46.4 Å². The van der Waals surface area contributed by atoms with E-state index < -0.39 is 8.07 Å². The summed E-state index contributed by atoms with van der Waals surface area (Å²) in [6, 6.07) is 2.71. The van der Waals surface area contributed by atoms with Crippen molar-refractivity contribution in [2.75, 3.05) is 6.61 Å². The van der Waals surface area contributed by atoms with Crippen LogP contribution in [0.5, 0.6) is 0 Å². The highest BCUT2D eigenvalue weighted by Crippen LogP contribution is 2.43. The van der Waals surface area contributed by atoms with Gasteiger partial charge in [-0.3, -0.25) is 14.0 Å². The second-order valence-electron chi connectivity index (χ2n) is 9.16. The lowest BCUT2D eigenvalue weighted by molar-refractivity contribution is 0.0899. The zero-order valence-corrected chi connectivity index (χ0v) is 22.9. The maximum atomic E-state index is 13.2. The number of ether oxygens (including phenoxy) is 1. The van der Waals surface area contributed by atoms with Gasteiger partial charge in [0.1, 0.15) is 17.4 Å². The van der Waals surface area contributed by atoms with Gasteiger partial charge in [-0.15, -0.1) is 0 Å². The van der Waals surface area contributed by atoms with Crippen molar-refractivity contribution in [3.8, 4) is 11.1 Å². The maximum absolute atomic E-state index is 13.2. The number of hydrogen-bond donors (Lipinski definition) is 0. The van der Waals surface area contributed by atoms with Crippen molar-refractivity contribution < 1.29 is 4.74 Å². The third-order valence-corrected chi connectivity index (χ3v) is 8.65. The van der Waals surface area contributed by atoms with Crippen LogP contribution in [0.25, 0.3) is 33.1 Å². The molecule has 4 aromatic rings. The zero-order valence-electron chi connectivity index (χ0n) is 18.8. The average molecular weight is 547 g/mol. The Morgan fingerprint density at radius 1 is 1.06 bits per heavy atom. The molecule has 0 radical (unpaired) electrons. The van der Waals surface area contributed by atoms with Gasteiger partial charge in [-0.25, -0.2) is 4.98 Å². The molecular weight excluding hydrogens is 524 g/mol. The molecule has 1 aromatic carbocycles. The number of hydrogen-bond acceptors (Lipinski definition) is 4. The maximum Gasteiger partial charge on any atom is 0.264 e. The summed E-state index contributed by atoms with van der Waals surface area (Å²) in [6.07, 6.45) is 1.79. The smallest absolute Gasteiger partial charge is 0.264 e. The number of halogens is 4. The molecule has 3 aromatic heterocycles. The second-order valence-corrected chi connectivity index (χ2v) is 16.3. The predicted octanol–water partition coefficient (Wildman–Crippen LogP) is 6.21. The Kier molecular flexibility index (Phi) is 6.63. The van der Waals surface area contributed by atoms with Crippen LogP contribution in [0.4, 0.5) is 0 Å². The molecule has 0 aliphatic heterocycles. The van der Waals surface area contributed by atoms with Gasteiger partial charge in [0.25, 0.3) is 5.56 Å². The first-order valence-corrected chi connectivity index (χ1v) is 15.5. The molecule has 0 saturated heterocycles. The van der Waals surface area contributed by atoms with Crippen molar-refractivity contribution in [1.82, 2.24) is 23.9 Å². The second kappa shape index (κ2) is 8.91. The largest absolute Gasteiger partial charge is 0.361 e. The molecule has 33 heavy (non-hydrogen) atoms. The van der Waals surface area contributed by atoms with Crippen molar-refractivity contribution in [2.24, 2.45) is 14.1 Å². The molecule has 0 bridgehead atoms. The van der Waals surface area contributed by atoms with Gasteiger partial charge in [-0.05, 0) is 23.7 Å². The molecule has 4 rings (SSSR count). The summed E-state index contributed by atoms with van der Waals surface area (Å²) in [6.45, 7) is 7.70. The molecule has 12 heteroatoms. The number of rotatable bonds is 6. The number of nitrogens with zero attached hydrogens (tertiary/aromatic N) is 5. The van der Waals surface area contributed by atoms with E-state index in [0.717, 1.165) is 6.04 Å². The van der Waals surface area contributed by atoms with Crippen LogP contribution in [0.1, 0.15) is 0 Å². The van der Waals surface area contributed by atoms with E-state index in [9.17, 15) is 4.79 Å². The van der Waals surface area contributed by atoms with Crippen LogP contribution in [0.3, 0.4) is 0 Å². The van der Waals surface area contributed by atoms with E-state index in [1.807, 2.05) is 0 Å². The summed E-state index contributed by atoms with van der Waals surface area (Å²) in [5.74, 6) is 0. The van der Waals surface area contributed by atoms with E-state index in [4.69, 9.17) is 51.1 Å². The Hall–Kier alpha value is -1.55. The highest BCUT2D eigenvalue weighted by Gasteiger charge is 2.24. The van der Waals surface area contributed by atoms with Crippen molar-refractivity contribution in [2.45, 2.75) is 32.4 Å². The van der Waals surface area contributed by atoms with Gasteiger partial charge in [0.2, 0.25) is 5.28 Å². The van der Waals surface area contributed by atoms with Gasteiger partial charge in [-0.2, -0.15) is 5.10 Å². The van der Waals surface area contributed by atoms with Gasteiger partial charge in [-0.1, -0.05) is 54.4 Å². The summed E-state index contributed by atoms with van der Waals surface area (Å²) in [4.78, 5) is 17.7. The third kappa shape index (κ3) is 4.45. The van der Waals surface area contributed by atoms with Crippen LogP contribution in [0, 0.1) is 0 Å². The van der Waals surface area contributed by atoms with Crippen LogP contribution in [0.2, 0.25) is 46.2 Å². The van der Waals surface area contributed by atoms with Crippen LogP contribution in [-0.4, -0.2) is 38.6 Å². The SMILES string of the molecule is Cn1nc2c(Cl)cc(-c3cn(COCC[Si](C)(C)C)c4nc(Cl)n(C)c(=O)c34)c(Cl)c2c1Cl. The first-order valence-electron chi connectivity index (χ1n) is 10.2. The molecule has 0 saturated carbocycles. The quantitative estimate of drug-likeness (QED) is 0.164. The normalized spacial score (nSPS) is 12.4. The number of aromatic nitrogens is 5. The standard InChI is InChI=1S/C21H23Cl4N5O2Si/c1-28-20(31)14-12(11-8-13(22)17-15(16(11)23)18(24)29(2)27-17)9-30(19(14)26-21(28)25)10-32-6-7-33(3,4)5/h8-9H,6-7,10H2,1-5H3. The lowest BCUT2D eigenvalue weighted by Gasteiger charge is -2.15. The van der Waals surface area contributed by atoms with Gasteiger partial charge < -0.3 is 9.30 Å². The molecule has 0 fully saturated rings. The topological polar surface area (TPSA) is 66.9 Å². The molecular formula is C21H23Cl4N5O2Si. The molecule has 0 aliphatic carbocycles. The molecule has 0 amide bonds. The fourth-order valence-corrected chi connectivity index (χ4v) is 5.35. The fraction of sp³-hybridized carbons (Fsp3) is 0.381. The fourth-order valence-electron chi connectivity index (χ4n) is 3.59. The van der Waals surface area contributed by atoms with E-state index in [1.54, 1.807) is 30.9 Å². The minimum atomic E-state index is -1.24.